The standard InChI is InChI=1S/C37H23N3/c38-24-25-17-22-37(40-35-15-7-3-11-30(35)31-12-4-8-16-36(31)40)32(23-25)26-18-20-27(21-19-26)39-33-13-5-1-9-28(33)29-10-2-6-14-34(29)39/h1-23H. The van der Waals surface area contributed by atoms with Crippen LogP contribution in [-0.2, 0) is 0 Å². The SMILES string of the molecule is N#Cc1ccc(-n2c3ccccc3c3ccccc32)c(-c2ccc(-n3c4ccccc4c4ccccc43)cc2)c1. The van der Waals surface area contributed by atoms with Crippen LogP contribution in [0, 0.1) is 11.3 Å². The van der Waals surface area contributed by atoms with E-state index in [4.69, 9.17) is 0 Å². The van der Waals surface area contributed by atoms with Crippen LogP contribution in [0.3, 0.4) is 0 Å². The Bertz CT molecular complexity index is 2170. The lowest BCUT2D eigenvalue weighted by molar-refractivity contribution is 1.17. The Morgan fingerprint density at radius 2 is 0.900 bits per heavy atom. The third-order valence-electron chi connectivity index (χ3n) is 7.96. The number of fused-ring (bicyclic) bond motifs is 6. The molecular weight excluding hydrogens is 486 g/mol. The molecule has 0 spiro atoms. The molecule has 2 heterocycles. The number of nitriles is 1. The van der Waals surface area contributed by atoms with Crippen molar-refractivity contribution in [1.29, 1.82) is 5.26 Å². The minimum atomic E-state index is 0.644. The highest BCUT2D eigenvalue weighted by molar-refractivity contribution is 6.10. The summed E-state index contributed by atoms with van der Waals surface area (Å²) in [6, 6.07) is 51.2. The van der Waals surface area contributed by atoms with Gasteiger partial charge in [0.25, 0.3) is 0 Å². The number of para-hydroxylation sites is 4. The second kappa shape index (κ2) is 8.73. The molecule has 3 nitrogen and oxygen atoms in total. The normalized spacial score (nSPS) is 11.5. The quantitative estimate of drug-likeness (QED) is 0.233. The van der Waals surface area contributed by atoms with E-state index >= 15 is 0 Å². The van der Waals surface area contributed by atoms with Crippen molar-refractivity contribution >= 4 is 43.6 Å². The van der Waals surface area contributed by atoms with E-state index in [9.17, 15) is 5.26 Å². The summed E-state index contributed by atoms with van der Waals surface area (Å²) in [6.45, 7) is 0. The summed E-state index contributed by atoms with van der Waals surface area (Å²) in [7, 11) is 0. The van der Waals surface area contributed by atoms with Crippen molar-refractivity contribution in [2.45, 2.75) is 0 Å². The van der Waals surface area contributed by atoms with E-state index in [2.05, 4.69) is 143 Å². The number of rotatable bonds is 3. The van der Waals surface area contributed by atoms with E-state index in [0.717, 1.165) is 33.5 Å². The average molecular weight is 510 g/mol. The predicted octanol–water partition coefficient (Wildman–Crippen LogP) is 9.42. The van der Waals surface area contributed by atoms with Gasteiger partial charge in [-0.3, -0.25) is 0 Å². The fraction of sp³-hybridized carbons (Fsp3) is 0. The highest BCUT2D eigenvalue weighted by Crippen LogP contribution is 2.37. The largest absolute Gasteiger partial charge is 0.309 e. The van der Waals surface area contributed by atoms with Crippen molar-refractivity contribution in [3.05, 3.63) is 145 Å². The third kappa shape index (κ3) is 3.24. The van der Waals surface area contributed by atoms with E-state index in [1.165, 1.54) is 32.6 Å². The molecule has 0 amide bonds. The zero-order valence-corrected chi connectivity index (χ0v) is 21.6. The third-order valence-corrected chi connectivity index (χ3v) is 7.96. The molecule has 0 fully saturated rings. The van der Waals surface area contributed by atoms with Crippen LogP contribution in [0.1, 0.15) is 5.56 Å². The fourth-order valence-corrected chi connectivity index (χ4v) is 6.20. The molecule has 0 saturated heterocycles. The lowest BCUT2D eigenvalue weighted by Gasteiger charge is -2.15. The number of benzene rings is 6. The summed E-state index contributed by atoms with van der Waals surface area (Å²) in [5, 5.41) is 14.7. The van der Waals surface area contributed by atoms with E-state index in [1.54, 1.807) is 0 Å². The lowest BCUT2D eigenvalue weighted by atomic mass is 10.0. The molecule has 3 heteroatoms. The summed E-state index contributed by atoms with van der Waals surface area (Å²) in [4.78, 5) is 0. The van der Waals surface area contributed by atoms with Gasteiger partial charge in [-0.1, -0.05) is 84.9 Å². The molecule has 0 aliphatic rings. The van der Waals surface area contributed by atoms with Gasteiger partial charge in [0.1, 0.15) is 0 Å². The first-order chi connectivity index (χ1) is 19.8. The van der Waals surface area contributed by atoms with Crippen molar-refractivity contribution < 1.29 is 0 Å². The van der Waals surface area contributed by atoms with E-state index in [-0.39, 0.29) is 0 Å². The van der Waals surface area contributed by atoms with Gasteiger partial charge in [-0.2, -0.15) is 5.26 Å². The van der Waals surface area contributed by atoms with Crippen molar-refractivity contribution in [2.75, 3.05) is 0 Å². The van der Waals surface area contributed by atoms with E-state index in [1.807, 2.05) is 12.1 Å². The number of nitrogens with zero attached hydrogens (tertiary/aromatic N) is 3. The van der Waals surface area contributed by atoms with Gasteiger partial charge in [0, 0.05) is 32.8 Å². The number of aromatic nitrogens is 2. The van der Waals surface area contributed by atoms with Gasteiger partial charge in [-0.25, -0.2) is 0 Å². The number of hydrogen-bond acceptors (Lipinski definition) is 1. The maximum atomic E-state index is 9.78. The van der Waals surface area contributed by atoms with E-state index in [0.29, 0.717) is 5.56 Å². The van der Waals surface area contributed by atoms with Crippen molar-refractivity contribution in [1.82, 2.24) is 9.13 Å². The molecule has 8 rings (SSSR count). The molecule has 0 N–H and O–H groups in total. The second-order valence-corrected chi connectivity index (χ2v) is 10.1. The van der Waals surface area contributed by atoms with Crippen LogP contribution in [-0.4, -0.2) is 9.13 Å². The molecule has 0 aliphatic heterocycles. The van der Waals surface area contributed by atoms with Gasteiger partial charge in [-0.05, 0) is 60.2 Å². The van der Waals surface area contributed by atoms with Gasteiger partial charge in [0.15, 0.2) is 0 Å². The molecule has 40 heavy (non-hydrogen) atoms. The Kier molecular flexibility index (Phi) is 4.89. The van der Waals surface area contributed by atoms with Crippen LogP contribution in [0.25, 0.3) is 66.1 Å². The molecule has 6 aromatic carbocycles. The smallest absolute Gasteiger partial charge is 0.0991 e. The average Bonchev–Trinajstić information content (AvgIpc) is 3.54. The Labute approximate surface area is 231 Å². The Morgan fingerprint density at radius 3 is 1.38 bits per heavy atom. The minimum absolute atomic E-state index is 0.644. The van der Waals surface area contributed by atoms with Crippen molar-refractivity contribution in [3.8, 4) is 28.6 Å². The Balaban J connectivity index is 1.35. The minimum Gasteiger partial charge on any atom is -0.309 e. The van der Waals surface area contributed by atoms with Gasteiger partial charge in [0.2, 0.25) is 0 Å². The molecule has 0 saturated carbocycles. The molecule has 0 aliphatic carbocycles. The van der Waals surface area contributed by atoms with Crippen LogP contribution >= 0.6 is 0 Å². The molecule has 186 valence electrons. The predicted molar refractivity (Wildman–Crippen MR) is 165 cm³/mol. The maximum Gasteiger partial charge on any atom is 0.0991 e. The zero-order chi connectivity index (χ0) is 26.6. The van der Waals surface area contributed by atoms with Crippen molar-refractivity contribution in [3.63, 3.8) is 0 Å². The summed E-state index contributed by atoms with van der Waals surface area (Å²) in [6.07, 6.45) is 0. The van der Waals surface area contributed by atoms with Crippen molar-refractivity contribution in [2.24, 2.45) is 0 Å². The summed E-state index contributed by atoms with van der Waals surface area (Å²) >= 11 is 0. The van der Waals surface area contributed by atoms with Crippen LogP contribution in [0.15, 0.2) is 140 Å². The second-order valence-electron chi connectivity index (χ2n) is 10.1. The molecule has 0 bridgehead atoms. The van der Waals surface area contributed by atoms with Crippen LogP contribution in [0.4, 0.5) is 0 Å². The Hall–Kier alpha value is -5.59. The molecular formula is C37H23N3. The first-order valence-corrected chi connectivity index (χ1v) is 13.4. The number of hydrogen-bond donors (Lipinski definition) is 0. The zero-order valence-electron chi connectivity index (χ0n) is 21.6. The highest BCUT2D eigenvalue weighted by Gasteiger charge is 2.17. The van der Waals surface area contributed by atoms with Crippen LogP contribution in [0.5, 0.6) is 0 Å². The fourth-order valence-electron chi connectivity index (χ4n) is 6.20. The monoisotopic (exact) mass is 509 g/mol. The molecule has 0 atom stereocenters. The summed E-state index contributed by atoms with van der Waals surface area (Å²) in [5.74, 6) is 0. The topological polar surface area (TPSA) is 33.6 Å². The first kappa shape index (κ1) is 22.4. The maximum absolute atomic E-state index is 9.78. The summed E-state index contributed by atoms with van der Waals surface area (Å²) < 4.78 is 4.65. The van der Waals surface area contributed by atoms with Gasteiger partial charge in [-0.15, -0.1) is 0 Å². The van der Waals surface area contributed by atoms with Crippen LogP contribution < -0.4 is 0 Å². The molecule has 2 aromatic heterocycles. The summed E-state index contributed by atoms with van der Waals surface area (Å²) in [5.41, 5.74) is 9.58. The van der Waals surface area contributed by atoms with Crippen LogP contribution in [0.2, 0.25) is 0 Å². The molecule has 0 radical (unpaired) electrons. The van der Waals surface area contributed by atoms with E-state index < -0.39 is 0 Å². The van der Waals surface area contributed by atoms with Gasteiger partial charge < -0.3 is 9.13 Å². The first-order valence-electron chi connectivity index (χ1n) is 13.4. The molecule has 0 unspecified atom stereocenters. The Morgan fingerprint density at radius 1 is 0.450 bits per heavy atom. The highest BCUT2D eigenvalue weighted by atomic mass is 15.0. The van der Waals surface area contributed by atoms with Gasteiger partial charge >= 0.3 is 0 Å². The lowest BCUT2D eigenvalue weighted by Crippen LogP contribution is -1.98. The van der Waals surface area contributed by atoms with Gasteiger partial charge in [0.05, 0.1) is 39.4 Å². The molecule has 8 aromatic rings.